The van der Waals surface area contributed by atoms with Gasteiger partial charge in [0, 0.05) is 12.3 Å². The summed E-state index contributed by atoms with van der Waals surface area (Å²) in [6.45, 7) is 2.01. The van der Waals surface area contributed by atoms with E-state index in [-0.39, 0.29) is 26.8 Å². The quantitative estimate of drug-likeness (QED) is 0.889. The highest BCUT2D eigenvalue weighted by Crippen LogP contribution is 2.28. The number of halogens is 1. The molecule has 0 amide bonds. The zero-order valence-corrected chi connectivity index (χ0v) is 14.9. The van der Waals surface area contributed by atoms with Crippen LogP contribution in [-0.4, -0.2) is 29.1 Å². The van der Waals surface area contributed by atoms with E-state index in [0.717, 1.165) is 38.0 Å². The summed E-state index contributed by atoms with van der Waals surface area (Å²) < 4.78 is 51.0. The number of sulfonamides is 1. The topological polar surface area (TPSA) is 80.3 Å². The molecule has 1 fully saturated rings. The predicted molar refractivity (Wildman–Crippen MR) is 86.3 cm³/mol. The third-order valence-electron chi connectivity index (χ3n) is 4.04. The standard InChI is InChI=1S/C14H20ClNO4S2/c1-10-5-3-4-6-13(10)16-22(19,20)14-9-11(21(2,17)18)7-8-12(14)15/h7-10,13,16H,3-6H2,1-2H3/t10-,13+/m1/s1. The van der Waals surface area contributed by atoms with Crippen molar-refractivity contribution in [2.24, 2.45) is 5.92 Å². The fraction of sp³-hybridized carbons (Fsp3) is 0.571. The molecule has 0 spiro atoms. The van der Waals surface area contributed by atoms with Crippen molar-refractivity contribution in [3.8, 4) is 0 Å². The van der Waals surface area contributed by atoms with Gasteiger partial charge < -0.3 is 0 Å². The maximum atomic E-state index is 12.6. The zero-order chi connectivity index (χ0) is 16.5. The molecule has 8 heteroatoms. The van der Waals surface area contributed by atoms with Crippen molar-refractivity contribution in [2.75, 3.05) is 6.26 Å². The van der Waals surface area contributed by atoms with E-state index in [1.165, 1.54) is 12.1 Å². The van der Waals surface area contributed by atoms with Crippen molar-refractivity contribution < 1.29 is 16.8 Å². The van der Waals surface area contributed by atoms with Gasteiger partial charge in [0.1, 0.15) is 4.90 Å². The van der Waals surface area contributed by atoms with E-state index < -0.39 is 19.9 Å². The Balaban J connectivity index is 2.36. The van der Waals surface area contributed by atoms with E-state index in [4.69, 9.17) is 11.6 Å². The number of hydrogen-bond donors (Lipinski definition) is 1. The fourth-order valence-corrected chi connectivity index (χ4v) is 5.30. The second kappa shape index (κ2) is 6.47. The van der Waals surface area contributed by atoms with Crippen LogP contribution in [0.15, 0.2) is 28.0 Å². The SMILES string of the molecule is C[C@@H]1CCCC[C@@H]1NS(=O)(=O)c1cc(S(C)(=O)=O)ccc1Cl. The largest absolute Gasteiger partial charge is 0.242 e. The first-order chi connectivity index (χ1) is 10.1. The first-order valence-corrected chi connectivity index (χ1v) is 10.9. The van der Waals surface area contributed by atoms with E-state index in [1.807, 2.05) is 6.92 Å². The zero-order valence-electron chi connectivity index (χ0n) is 12.5. The van der Waals surface area contributed by atoms with Crippen LogP contribution >= 0.6 is 11.6 Å². The molecule has 0 aliphatic heterocycles. The molecule has 1 aromatic carbocycles. The summed E-state index contributed by atoms with van der Waals surface area (Å²) in [6, 6.07) is 3.58. The molecule has 1 saturated carbocycles. The Morgan fingerprint density at radius 3 is 2.36 bits per heavy atom. The number of nitrogens with one attached hydrogen (secondary N) is 1. The van der Waals surface area contributed by atoms with Crippen LogP contribution in [0.25, 0.3) is 0 Å². The lowest BCUT2D eigenvalue weighted by Gasteiger charge is -2.29. The molecule has 22 heavy (non-hydrogen) atoms. The molecule has 0 bridgehead atoms. The molecule has 0 unspecified atom stereocenters. The van der Waals surface area contributed by atoms with Crippen molar-refractivity contribution in [3.05, 3.63) is 23.2 Å². The third-order valence-corrected chi connectivity index (χ3v) is 7.12. The molecular formula is C14H20ClNO4S2. The minimum Gasteiger partial charge on any atom is -0.224 e. The van der Waals surface area contributed by atoms with Gasteiger partial charge in [0.15, 0.2) is 9.84 Å². The van der Waals surface area contributed by atoms with Gasteiger partial charge in [-0.05, 0) is 37.0 Å². The Morgan fingerprint density at radius 1 is 1.14 bits per heavy atom. The molecule has 1 aromatic rings. The number of sulfone groups is 1. The average Bonchev–Trinajstić information content (AvgIpc) is 2.40. The highest BCUT2D eigenvalue weighted by molar-refractivity contribution is 7.91. The van der Waals surface area contributed by atoms with Crippen LogP contribution in [0.3, 0.4) is 0 Å². The van der Waals surface area contributed by atoms with Crippen LogP contribution in [0.4, 0.5) is 0 Å². The third kappa shape index (κ3) is 4.01. The Labute approximate surface area is 137 Å². The van der Waals surface area contributed by atoms with Gasteiger partial charge in [0.2, 0.25) is 10.0 Å². The van der Waals surface area contributed by atoms with Crippen molar-refractivity contribution >= 4 is 31.5 Å². The summed E-state index contributed by atoms with van der Waals surface area (Å²) in [5.41, 5.74) is 0. The van der Waals surface area contributed by atoms with Crippen LogP contribution < -0.4 is 4.72 Å². The Kier molecular flexibility index (Phi) is 5.21. The monoisotopic (exact) mass is 365 g/mol. The van der Waals surface area contributed by atoms with Crippen molar-refractivity contribution in [2.45, 2.75) is 48.4 Å². The lowest BCUT2D eigenvalue weighted by Crippen LogP contribution is -2.41. The first-order valence-electron chi connectivity index (χ1n) is 7.13. The molecule has 1 N–H and O–H groups in total. The molecule has 2 atom stereocenters. The van der Waals surface area contributed by atoms with Gasteiger partial charge in [-0.15, -0.1) is 0 Å². The maximum absolute atomic E-state index is 12.6. The second-order valence-electron chi connectivity index (χ2n) is 5.85. The summed E-state index contributed by atoms with van der Waals surface area (Å²) in [6.07, 6.45) is 4.87. The molecule has 1 aliphatic carbocycles. The van der Waals surface area contributed by atoms with E-state index in [1.54, 1.807) is 0 Å². The minimum absolute atomic E-state index is 0.0170. The van der Waals surface area contributed by atoms with Gasteiger partial charge in [-0.3, -0.25) is 0 Å². The molecule has 0 aromatic heterocycles. The first kappa shape index (κ1) is 17.7. The molecular weight excluding hydrogens is 346 g/mol. The predicted octanol–water partition coefficient (Wildman–Crippen LogP) is 2.60. The van der Waals surface area contributed by atoms with Gasteiger partial charge in [0.25, 0.3) is 0 Å². The van der Waals surface area contributed by atoms with Crippen molar-refractivity contribution in [1.29, 1.82) is 0 Å². The normalized spacial score (nSPS) is 23.4. The minimum atomic E-state index is -3.85. The molecule has 124 valence electrons. The van der Waals surface area contributed by atoms with E-state index >= 15 is 0 Å². The Bertz CT molecular complexity index is 759. The van der Waals surface area contributed by atoms with E-state index in [9.17, 15) is 16.8 Å². The van der Waals surface area contributed by atoms with Crippen LogP contribution in [0.2, 0.25) is 5.02 Å². The molecule has 5 nitrogen and oxygen atoms in total. The molecule has 0 saturated heterocycles. The lowest BCUT2D eigenvalue weighted by molar-refractivity contribution is 0.310. The summed E-state index contributed by atoms with van der Waals surface area (Å²) in [5.74, 6) is 0.250. The molecule has 0 heterocycles. The lowest BCUT2D eigenvalue weighted by atomic mass is 9.87. The van der Waals surface area contributed by atoms with Crippen LogP contribution in [-0.2, 0) is 19.9 Å². The van der Waals surface area contributed by atoms with Gasteiger partial charge >= 0.3 is 0 Å². The molecule has 0 radical (unpaired) electrons. The molecule has 1 aliphatic rings. The van der Waals surface area contributed by atoms with E-state index in [2.05, 4.69) is 4.72 Å². The van der Waals surface area contributed by atoms with Crippen LogP contribution in [0.1, 0.15) is 32.6 Å². The summed E-state index contributed by atoms with van der Waals surface area (Å²) >= 11 is 5.97. The molecule has 2 rings (SSSR count). The van der Waals surface area contributed by atoms with Gasteiger partial charge in [-0.2, -0.15) is 0 Å². The Hall–Kier alpha value is -0.630. The maximum Gasteiger partial charge on any atom is 0.242 e. The van der Waals surface area contributed by atoms with Crippen molar-refractivity contribution in [3.63, 3.8) is 0 Å². The van der Waals surface area contributed by atoms with Gasteiger partial charge in [-0.1, -0.05) is 31.4 Å². The summed E-state index contributed by atoms with van der Waals surface area (Å²) in [4.78, 5) is -0.246. The summed E-state index contributed by atoms with van der Waals surface area (Å²) in [5, 5.41) is 0.0170. The number of rotatable bonds is 4. The smallest absolute Gasteiger partial charge is 0.224 e. The highest BCUT2D eigenvalue weighted by Gasteiger charge is 2.28. The second-order valence-corrected chi connectivity index (χ2v) is 9.96. The number of benzene rings is 1. The average molecular weight is 366 g/mol. The van der Waals surface area contributed by atoms with E-state index in [0.29, 0.717) is 0 Å². The van der Waals surface area contributed by atoms with Crippen LogP contribution in [0.5, 0.6) is 0 Å². The Morgan fingerprint density at radius 2 is 1.77 bits per heavy atom. The highest BCUT2D eigenvalue weighted by atomic mass is 35.5. The van der Waals surface area contributed by atoms with Crippen molar-refractivity contribution in [1.82, 2.24) is 4.72 Å². The summed E-state index contributed by atoms with van der Waals surface area (Å²) in [7, 11) is -7.35. The van der Waals surface area contributed by atoms with Gasteiger partial charge in [0.05, 0.1) is 9.92 Å². The number of hydrogen-bond acceptors (Lipinski definition) is 4. The van der Waals surface area contributed by atoms with Gasteiger partial charge in [-0.25, -0.2) is 21.6 Å². The fourth-order valence-electron chi connectivity index (χ4n) is 2.67. The van der Waals surface area contributed by atoms with Crippen LogP contribution in [0, 0.1) is 5.92 Å².